The van der Waals surface area contributed by atoms with Crippen LogP contribution in [-0.4, -0.2) is 16.7 Å². The molecule has 1 aromatic heterocycles. The summed E-state index contributed by atoms with van der Waals surface area (Å²) in [5.74, 6) is 0.438. The Bertz CT molecular complexity index is 310. The van der Waals surface area contributed by atoms with Crippen LogP contribution in [0.25, 0.3) is 0 Å². The maximum absolute atomic E-state index is 9.43. The zero-order chi connectivity index (χ0) is 11.5. The van der Waals surface area contributed by atoms with Crippen molar-refractivity contribution in [1.82, 2.24) is 4.98 Å². The SMILES string of the molecule is CC(C)C(C)(CO)Cc1ccc(Br)cn1. The van der Waals surface area contributed by atoms with Crippen molar-refractivity contribution in [3.8, 4) is 0 Å². The zero-order valence-electron chi connectivity index (χ0n) is 9.50. The zero-order valence-corrected chi connectivity index (χ0v) is 11.1. The Kier molecular flexibility index (Phi) is 4.29. The summed E-state index contributed by atoms with van der Waals surface area (Å²) in [7, 11) is 0. The molecule has 0 fully saturated rings. The fourth-order valence-corrected chi connectivity index (χ4v) is 1.60. The highest BCUT2D eigenvalue weighted by Gasteiger charge is 2.28. The van der Waals surface area contributed by atoms with E-state index in [1.165, 1.54) is 0 Å². The number of pyridine rings is 1. The Hall–Kier alpha value is -0.410. The van der Waals surface area contributed by atoms with Gasteiger partial charge in [0.05, 0.1) is 0 Å². The molecule has 1 N–H and O–H groups in total. The summed E-state index contributed by atoms with van der Waals surface area (Å²) in [4.78, 5) is 4.34. The molecule has 0 aliphatic carbocycles. The number of aliphatic hydroxyl groups is 1. The lowest BCUT2D eigenvalue weighted by atomic mass is 9.76. The smallest absolute Gasteiger partial charge is 0.0490 e. The van der Waals surface area contributed by atoms with Gasteiger partial charge in [0.25, 0.3) is 0 Å². The molecule has 15 heavy (non-hydrogen) atoms. The maximum atomic E-state index is 9.43. The van der Waals surface area contributed by atoms with Crippen LogP contribution in [0.4, 0.5) is 0 Å². The predicted molar refractivity (Wildman–Crippen MR) is 65.7 cm³/mol. The predicted octanol–water partition coefficient (Wildman–Crippen LogP) is 3.04. The molecule has 84 valence electrons. The number of hydrogen-bond acceptors (Lipinski definition) is 2. The van der Waals surface area contributed by atoms with Gasteiger partial charge in [0.2, 0.25) is 0 Å². The maximum Gasteiger partial charge on any atom is 0.0490 e. The third-order valence-corrected chi connectivity index (χ3v) is 3.60. The van der Waals surface area contributed by atoms with Crippen LogP contribution < -0.4 is 0 Å². The number of halogens is 1. The highest BCUT2D eigenvalue weighted by Crippen LogP contribution is 2.30. The van der Waals surface area contributed by atoms with Gasteiger partial charge in [-0.25, -0.2) is 0 Å². The quantitative estimate of drug-likeness (QED) is 0.913. The lowest BCUT2D eigenvalue weighted by Gasteiger charge is -2.31. The van der Waals surface area contributed by atoms with Gasteiger partial charge in [-0.1, -0.05) is 20.8 Å². The van der Waals surface area contributed by atoms with Gasteiger partial charge in [-0.3, -0.25) is 4.98 Å². The Morgan fingerprint density at radius 2 is 2.13 bits per heavy atom. The molecule has 1 rings (SSSR count). The molecule has 0 bridgehead atoms. The lowest BCUT2D eigenvalue weighted by molar-refractivity contribution is 0.0937. The molecule has 1 heterocycles. The third-order valence-electron chi connectivity index (χ3n) is 3.13. The Morgan fingerprint density at radius 3 is 2.53 bits per heavy atom. The van der Waals surface area contributed by atoms with Gasteiger partial charge >= 0.3 is 0 Å². The van der Waals surface area contributed by atoms with Crippen molar-refractivity contribution >= 4 is 15.9 Å². The molecule has 1 aromatic rings. The molecule has 0 aliphatic heterocycles. The molecule has 0 saturated carbocycles. The normalized spacial score (nSPS) is 15.3. The van der Waals surface area contributed by atoms with E-state index in [1.807, 2.05) is 12.1 Å². The summed E-state index contributed by atoms with van der Waals surface area (Å²) >= 11 is 3.36. The standard InChI is InChI=1S/C12H18BrNO/c1-9(2)12(3,8-15)6-11-5-4-10(13)7-14-11/h4-5,7,9,15H,6,8H2,1-3H3. The van der Waals surface area contributed by atoms with Crippen LogP contribution in [0.2, 0.25) is 0 Å². The molecule has 0 spiro atoms. The summed E-state index contributed by atoms with van der Waals surface area (Å²) < 4.78 is 0.987. The monoisotopic (exact) mass is 271 g/mol. The summed E-state index contributed by atoms with van der Waals surface area (Å²) in [5, 5.41) is 9.43. The minimum absolute atomic E-state index is 0.0825. The summed E-state index contributed by atoms with van der Waals surface area (Å²) in [6.07, 6.45) is 2.61. The van der Waals surface area contributed by atoms with E-state index in [0.29, 0.717) is 5.92 Å². The molecule has 0 amide bonds. The number of rotatable bonds is 4. The van der Waals surface area contributed by atoms with E-state index in [-0.39, 0.29) is 12.0 Å². The Balaban J connectivity index is 2.79. The van der Waals surface area contributed by atoms with Gasteiger partial charge in [0.15, 0.2) is 0 Å². The molecular weight excluding hydrogens is 254 g/mol. The molecule has 1 unspecified atom stereocenters. The van der Waals surface area contributed by atoms with Crippen LogP contribution in [0, 0.1) is 11.3 Å². The summed E-state index contributed by atoms with van der Waals surface area (Å²) in [6.45, 7) is 6.56. The molecule has 0 aliphatic rings. The first-order chi connectivity index (χ1) is 6.98. The van der Waals surface area contributed by atoms with E-state index < -0.39 is 0 Å². The number of aromatic nitrogens is 1. The summed E-state index contributed by atoms with van der Waals surface area (Å²) in [5.41, 5.74) is 0.948. The topological polar surface area (TPSA) is 33.1 Å². The first-order valence-corrected chi connectivity index (χ1v) is 5.98. The first-order valence-electron chi connectivity index (χ1n) is 5.19. The largest absolute Gasteiger partial charge is 0.396 e. The first kappa shape index (κ1) is 12.7. The highest BCUT2D eigenvalue weighted by molar-refractivity contribution is 9.10. The minimum atomic E-state index is -0.0825. The van der Waals surface area contributed by atoms with Gasteiger partial charge in [-0.2, -0.15) is 0 Å². The van der Waals surface area contributed by atoms with Crippen LogP contribution in [0.5, 0.6) is 0 Å². The van der Waals surface area contributed by atoms with Crippen LogP contribution in [0.3, 0.4) is 0 Å². The van der Waals surface area contributed by atoms with E-state index in [1.54, 1.807) is 6.20 Å². The van der Waals surface area contributed by atoms with Crippen molar-refractivity contribution in [3.05, 3.63) is 28.5 Å². The Labute approximate surface area is 99.9 Å². The molecule has 0 aromatic carbocycles. The van der Waals surface area contributed by atoms with Crippen molar-refractivity contribution in [2.75, 3.05) is 6.61 Å². The third kappa shape index (κ3) is 3.28. The van der Waals surface area contributed by atoms with E-state index in [9.17, 15) is 5.11 Å². The molecule has 3 heteroatoms. The van der Waals surface area contributed by atoms with Crippen molar-refractivity contribution in [2.24, 2.45) is 11.3 Å². The fourth-order valence-electron chi connectivity index (χ4n) is 1.37. The van der Waals surface area contributed by atoms with Crippen molar-refractivity contribution in [3.63, 3.8) is 0 Å². The lowest BCUT2D eigenvalue weighted by Crippen LogP contribution is -2.30. The van der Waals surface area contributed by atoms with Gasteiger partial charge in [0.1, 0.15) is 0 Å². The fraction of sp³-hybridized carbons (Fsp3) is 0.583. The molecular formula is C12H18BrNO. The average Bonchev–Trinajstić information content (AvgIpc) is 2.21. The molecule has 2 nitrogen and oxygen atoms in total. The molecule has 0 radical (unpaired) electrons. The van der Waals surface area contributed by atoms with Crippen LogP contribution in [0.15, 0.2) is 22.8 Å². The van der Waals surface area contributed by atoms with Gasteiger partial charge < -0.3 is 5.11 Å². The van der Waals surface area contributed by atoms with E-state index >= 15 is 0 Å². The number of aliphatic hydroxyl groups excluding tert-OH is 1. The van der Waals surface area contributed by atoms with Crippen LogP contribution >= 0.6 is 15.9 Å². The van der Waals surface area contributed by atoms with E-state index in [4.69, 9.17) is 0 Å². The second-order valence-corrected chi connectivity index (χ2v) is 5.53. The highest BCUT2D eigenvalue weighted by atomic mass is 79.9. The van der Waals surface area contributed by atoms with Gasteiger partial charge in [-0.05, 0) is 45.8 Å². The average molecular weight is 272 g/mol. The number of hydrogen-bond donors (Lipinski definition) is 1. The van der Waals surface area contributed by atoms with Crippen LogP contribution in [0.1, 0.15) is 26.5 Å². The van der Waals surface area contributed by atoms with Crippen molar-refractivity contribution in [1.29, 1.82) is 0 Å². The van der Waals surface area contributed by atoms with E-state index in [0.717, 1.165) is 16.6 Å². The Morgan fingerprint density at radius 1 is 1.47 bits per heavy atom. The second-order valence-electron chi connectivity index (χ2n) is 4.61. The van der Waals surface area contributed by atoms with Gasteiger partial charge in [-0.15, -0.1) is 0 Å². The molecule has 1 atom stereocenters. The minimum Gasteiger partial charge on any atom is -0.396 e. The van der Waals surface area contributed by atoms with E-state index in [2.05, 4.69) is 41.7 Å². The van der Waals surface area contributed by atoms with Crippen molar-refractivity contribution in [2.45, 2.75) is 27.2 Å². The van der Waals surface area contributed by atoms with Crippen LogP contribution in [-0.2, 0) is 6.42 Å². The van der Waals surface area contributed by atoms with Gasteiger partial charge in [0, 0.05) is 23.0 Å². The van der Waals surface area contributed by atoms with Crippen molar-refractivity contribution < 1.29 is 5.11 Å². The second kappa shape index (κ2) is 5.08. The number of nitrogens with zero attached hydrogens (tertiary/aromatic N) is 1. The summed E-state index contributed by atoms with van der Waals surface area (Å²) in [6, 6.07) is 3.99. The molecule has 0 saturated heterocycles.